The summed E-state index contributed by atoms with van der Waals surface area (Å²) < 4.78 is 1.98. The van der Waals surface area contributed by atoms with Gasteiger partial charge in [0.2, 0.25) is 0 Å². The van der Waals surface area contributed by atoms with Gasteiger partial charge in [0.15, 0.2) is 0 Å². The lowest BCUT2D eigenvalue weighted by Crippen LogP contribution is -2.25. The normalized spacial score (nSPS) is 18.1. The largest absolute Gasteiger partial charge is 0.306 e. The maximum atomic E-state index is 6.20. The highest BCUT2D eigenvalue weighted by Gasteiger charge is 2.22. The quantitative estimate of drug-likeness (QED) is 0.932. The number of halogens is 2. The van der Waals surface area contributed by atoms with Crippen molar-refractivity contribution in [3.8, 4) is 0 Å². The van der Waals surface area contributed by atoms with E-state index in [2.05, 4.69) is 10.4 Å². The Morgan fingerprint density at radius 1 is 1.40 bits per heavy atom. The van der Waals surface area contributed by atoms with Crippen LogP contribution in [0, 0.1) is 0 Å². The van der Waals surface area contributed by atoms with Gasteiger partial charge < -0.3 is 5.32 Å². The molecular weight excluding hydrogens is 293 g/mol. The monoisotopic (exact) mass is 309 g/mol. The SMILES string of the molecule is Cn1ncc2c1CCCC2NCc1cc(Cl)ccc1Cl. The molecule has 3 nitrogen and oxygen atoms in total. The summed E-state index contributed by atoms with van der Waals surface area (Å²) in [6.07, 6.45) is 5.41. The van der Waals surface area contributed by atoms with E-state index < -0.39 is 0 Å². The Balaban J connectivity index is 1.75. The Bertz CT molecular complexity index is 622. The maximum absolute atomic E-state index is 6.20. The second-order valence-corrected chi connectivity index (χ2v) is 6.08. The second kappa shape index (κ2) is 5.76. The van der Waals surface area contributed by atoms with Gasteiger partial charge in [-0.1, -0.05) is 23.2 Å². The minimum atomic E-state index is 0.350. The average Bonchev–Trinajstić information content (AvgIpc) is 2.82. The average molecular weight is 310 g/mol. The summed E-state index contributed by atoms with van der Waals surface area (Å²) in [5.74, 6) is 0. The fourth-order valence-electron chi connectivity index (χ4n) is 2.83. The molecule has 1 aliphatic carbocycles. The van der Waals surface area contributed by atoms with E-state index in [1.54, 1.807) is 0 Å². The van der Waals surface area contributed by atoms with E-state index in [9.17, 15) is 0 Å². The Hall–Kier alpha value is -1.03. The molecule has 1 N–H and O–H groups in total. The molecule has 0 radical (unpaired) electrons. The number of nitrogens with zero attached hydrogens (tertiary/aromatic N) is 2. The van der Waals surface area contributed by atoms with E-state index in [-0.39, 0.29) is 0 Å². The molecule has 3 rings (SSSR count). The van der Waals surface area contributed by atoms with Crippen molar-refractivity contribution in [1.82, 2.24) is 15.1 Å². The fourth-order valence-corrected chi connectivity index (χ4v) is 3.21. The van der Waals surface area contributed by atoms with Crippen LogP contribution < -0.4 is 5.32 Å². The van der Waals surface area contributed by atoms with Crippen LogP contribution in [0.5, 0.6) is 0 Å². The van der Waals surface area contributed by atoms with Gasteiger partial charge in [0, 0.05) is 40.9 Å². The van der Waals surface area contributed by atoms with E-state index in [0.717, 1.165) is 35.0 Å². The number of hydrogen-bond donors (Lipinski definition) is 1. The van der Waals surface area contributed by atoms with Crippen molar-refractivity contribution in [1.29, 1.82) is 0 Å². The first kappa shape index (κ1) is 13.9. The standard InChI is InChI=1S/C15H17Cl2N3/c1-20-15-4-2-3-14(12(15)9-19-20)18-8-10-7-11(16)5-6-13(10)17/h5-7,9,14,18H,2-4,8H2,1H3. The smallest absolute Gasteiger partial charge is 0.0540 e. The molecule has 0 saturated carbocycles. The Morgan fingerprint density at radius 3 is 3.10 bits per heavy atom. The minimum Gasteiger partial charge on any atom is -0.306 e. The lowest BCUT2D eigenvalue weighted by Gasteiger charge is -2.24. The number of rotatable bonds is 3. The van der Waals surface area contributed by atoms with Crippen molar-refractivity contribution in [2.75, 3.05) is 0 Å². The zero-order valence-corrected chi connectivity index (χ0v) is 12.9. The molecule has 0 aliphatic heterocycles. The summed E-state index contributed by atoms with van der Waals surface area (Å²) in [7, 11) is 2.01. The molecule has 0 fully saturated rings. The van der Waals surface area contributed by atoms with Crippen LogP contribution in [0.25, 0.3) is 0 Å². The van der Waals surface area contributed by atoms with Crippen LogP contribution in [-0.4, -0.2) is 9.78 Å². The summed E-state index contributed by atoms with van der Waals surface area (Å²) in [6, 6.07) is 5.93. The van der Waals surface area contributed by atoms with E-state index in [1.165, 1.54) is 17.7 Å². The second-order valence-electron chi connectivity index (χ2n) is 5.23. The number of aromatic nitrogens is 2. The number of benzene rings is 1. The molecule has 1 aromatic heterocycles. The number of hydrogen-bond acceptors (Lipinski definition) is 2. The molecule has 1 atom stereocenters. The van der Waals surface area contributed by atoms with E-state index in [4.69, 9.17) is 23.2 Å². The van der Waals surface area contributed by atoms with Gasteiger partial charge in [-0.15, -0.1) is 0 Å². The van der Waals surface area contributed by atoms with Gasteiger partial charge in [-0.2, -0.15) is 5.10 Å². The van der Waals surface area contributed by atoms with Crippen LogP contribution in [0.3, 0.4) is 0 Å². The Kier molecular flexibility index (Phi) is 4.01. The zero-order chi connectivity index (χ0) is 14.1. The van der Waals surface area contributed by atoms with Gasteiger partial charge in [-0.05, 0) is 43.0 Å². The van der Waals surface area contributed by atoms with E-state index in [0.29, 0.717) is 6.04 Å². The van der Waals surface area contributed by atoms with Crippen molar-refractivity contribution in [3.63, 3.8) is 0 Å². The van der Waals surface area contributed by atoms with E-state index in [1.807, 2.05) is 36.1 Å². The van der Waals surface area contributed by atoms with Crippen molar-refractivity contribution in [2.45, 2.75) is 31.8 Å². The topological polar surface area (TPSA) is 29.9 Å². The molecule has 0 spiro atoms. The van der Waals surface area contributed by atoms with Crippen LogP contribution in [-0.2, 0) is 20.0 Å². The predicted molar refractivity (Wildman–Crippen MR) is 82.2 cm³/mol. The molecule has 2 aromatic rings. The first-order valence-corrected chi connectivity index (χ1v) is 7.59. The van der Waals surface area contributed by atoms with Gasteiger partial charge in [0.1, 0.15) is 0 Å². The Labute approximate surface area is 128 Å². The third-order valence-corrected chi connectivity index (χ3v) is 4.53. The van der Waals surface area contributed by atoms with Crippen molar-refractivity contribution in [2.24, 2.45) is 7.05 Å². The third kappa shape index (κ3) is 2.71. The molecule has 20 heavy (non-hydrogen) atoms. The van der Waals surface area contributed by atoms with E-state index >= 15 is 0 Å². The maximum Gasteiger partial charge on any atom is 0.0540 e. The van der Waals surface area contributed by atoms with Gasteiger partial charge in [0.25, 0.3) is 0 Å². The molecule has 0 bridgehead atoms. The summed E-state index contributed by atoms with van der Waals surface area (Å²) in [5.41, 5.74) is 3.69. The third-order valence-electron chi connectivity index (χ3n) is 3.92. The molecule has 1 unspecified atom stereocenters. The summed E-state index contributed by atoms with van der Waals surface area (Å²) in [6.45, 7) is 0.721. The van der Waals surface area contributed by atoms with Crippen molar-refractivity contribution >= 4 is 23.2 Å². The van der Waals surface area contributed by atoms with Crippen LogP contribution in [0.15, 0.2) is 24.4 Å². The van der Waals surface area contributed by atoms with Crippen molar-refractivity contribution < 1.29 is 0 Å². The summed E-state index contributed by atoms with van der Waals surface area (Å²) in [5, 5.41) is 9.42. The lowest BCUT2D eigenvalue weighted by molar-refractivity contribution is 0.452. The highest BCUT2D eigenvalue weighted by Crippen LogP contribution is 2.30. The summed E-state index contributed by atoms with van der Waals surface area (Å²) >= 11 is 12.2. The minimum absolute atomic E-state index is 0.350. The molecule has 5 heteroatoms. The Morgan fingerprint density at radius 2 is 2.25 bits per heavy atom. The lowest BCUT2D eigenvalue weighted by atomic mass is 9.93. The van der Waals surface area contributed by atoms with Gasteiger partial charge in [0.05, 0.1) is 6.20 Å². The zero-order valence-electron chi connectivity index (χ0n) is 11.4. The van der Waals surface area contributed by atoms with Crippen LogP contribution >= 0.6 is 23.2 Å². The molecule has 1 heterocycles. The van der Waals surface area contributed by atoms with Gasteiger partial charge in [-0.3, -0.25) is 4.68 Å². The van der Waals surface area contributed by atoms with Gasteiger partial charge >= 0.3 is 0 Å². The number of fused-ring (bicyclic) bond motifs is 1. The number of aryl methyl sites for hydroxylation is 1. The summed E-state index contributed by atoms with van der Waals surface area (Å²) in [4.78, 5) is 0. The molecule has 0 amide bonds. The highest BCUT2D eigenvalue weighted by atomic mass is 35.5. The fraction of sp³-hybridized carbons (Fsp3) is 0.400. The van der Waals surface area contributed by atoms with Crippen LogP contribution in [0.1, 0.15) is 35.7 Å². The van der Waals surface area contributed by atoms with Crippen LogP contribution in [0.2, 0.25) is 10.0 Å². The first-order chi connectivity index (χ1) is 9.65. The molecule has 1 aliphatic rings. The van der Waals surface area contributed by atoms with Gasteiger partial charge in [-0.25, -0.2) is 0 Å². The predicted octanol–water partition coefficient (Wildman–Crippen LogP) is 3.89. The number of nitrogens with one attached hydrogen (secondary N) is 1. The van der Waals surface area contributed by atoms with Crippen LogP contribution in [0.4, 0.5) is 0 Å². The molecular formula is C15H17Cl2N3. The molecule has 1 aromatic carbocycles. The molecule has 0 saturated heterocycles. The van der Waals surface area contributed by atoms with Crippen molar-refractivity contribution in [3.05, 3.63) is 51.3 Å². The molecule has 106 valence electrons. The highest BCUT2D eigenvalue weighted by molar-refractivity contribution is 6.33. The first-order valence-electron chi connectivity index (χ1n) is 6.83.